The molecule has 0 saturated carbocycles. The lowest BCUT2D eigenvalue weighted by atomic mass is 10.0. The van der Waals surface area contributed by atoms with Gasteiger partial charge in [-0.15, -0.1) is 11.6 Å². The maximum absolute atomic E-state index is 5.57. The fourth-order valence-corrected chi connectivity index (χ4v) is 1.27. The predicted octanol–water partition coefficient (Wildman–Crippen LogP) is 3.46. The van der Waals surface area contributed by atoms with E-state index in [-0.39, 0.29) is 0 Å². The molecule has 0 aliphatic heterocycles. The van der Waals surface area contributed by atoms with Crippen molar-refractivity contribution in [2.75, 3.05) is 17.7 Å². The van der Waals surface area contributed by atoms with Gasteiger partial charge >= 0.3 is 0 Å². The maximum Gasteiger partial charge on any atom is 0.0396 e. The van der Waals surface area contributed by atoms with Crippen molar-refractivity contribution in [3.63, 3.8) is 0 Å². The maximum atomic E-state index is 5.57. The normalized spacial score (nSPS) is 10.5. The summed E-state index contributed by atoms with van der Waals surface area (Å²) in [5.41, 5.74) is 2.52. The van der Waals surface area contributed by atoms with E-state index in [1.807, 2.05) is 0 Å². The minimum Gasteiger partial charge on any atom is -0.384 e. The third-order valence-corrected chi connectivity index (χ3v) is 2.19. The number of rotatable bonds is 4. The monoisotopic (exact) mass is 197 g/mol. The van der Waals surface area contributed by atoms with E-state index >= 15 is 0 Å². The van der Waals surface area contributed by atoms with E-state index < -0.39 is 0 Å². The van der Waals surface area contributed by atoms with Gasteiger partial charge < -0.3 is 5.32 Å². The standard InChI is InChI=1S/C11H16ClN/c1-9(2)10-3-5-11(6-4-10)13-8-7-12/h3-6,9,13H,7-8H2,1-2H3. The summed E-state index contributed by atoms with van der Waals surface area (Å²) >= 11 is 5.57. The van der Waals surface area contributed by atoms with Crippen molar-refractivity contribution in [1.82, 2.24) is 0 Å². The fraction of sp³-hybridized carbons (Fsp3) is 0.455. The molecule has 0 heterocycles. The number of hydrogen-bond acceptors (Lipinski definition) is 1. The summed E-state index contributed by atoms with van der Waals surface area (Å²) in [5.74, 6) is 1.24. The van der Waals surface area contributed by atoms with Crippen molar-refractivity contribution in [2.24, 2.45) is 0 Å². The van der Waals surface area contributed by atoms with Gasteiger partial charge in [0.2, 0.25) is 0 Å². The highest BCUT2D eigenvalue weighted by molar-refractivity contribution is 6.18. The van der Waals surface area contributed by atoms with Crippen molar-refractivity contribution in [1.29, 1.82) is 0 Å². The summed E-state index contributed by atoms with van der Waals surface area (Å²) < 4.78 is 0. The van der Waals surface area contributed by atoms with E-state index in [1.54, 1.807) is 0 Å². The molecule has 72 valence electrons. The molecular formula is C11H16ClN. The highest BCUT2D eigenvalue weighted by Gasteiger charge is 1.97. The Balaban J connectivity index is 2.59. The Morgan fingerprint density at radius 1 is 1.23 bits per heavy atom. The van der Waals surface area contributed by atoms with E-state index in [0.29, 0.717) is 11.8 Å². The number of anilines is 1. The molecule has 13 heavy (non-hydrogen) atoms. The Labute approximate surface area is 85.1 Å². The first-order chi connectivity index (χ1) is 6.24. The highest BCUT2D eigenvalue weighted by atomic mass is 35.5. The Morgan fingerprint density at radius 3 is 2.31 bits per heavy atom. The molecule has 1 N–H and O–H groups in total. The predicted molar refractivity (Wildman–Crippen MR) is 59.7 cm³/mol. The topological polar surface area (TPSA) is 12.0 Å². The molecule has 0 fully saturated rings. The second-order valence-electron chi connectivity index (χ2n) is 3.39. The number of nitrogens with one attached hydrogen (secondary N) is 1. The second-order valence-corrected chi connectivity index (χ2v) is 3.77. The van der Waals surface area contributed by atoms with E-state index in [1.165, 1.54) is 5.56 Å². The number of halogens is 1. The summed E-state index contributed by atoms with van der Waals surface area (Å²) in [6, 6.07) is 8.51. The van der Waals surface area contributed by atoms with Gasteiger partial charge in [-0.2, -0.15) is 0 Å². The van der Waals surface area contributed by atoms with E-state index in [9.17, 15) is 0 Å². The van der Waals surface area contributed by atoms with Gasteiger partial charge in [-0.05, 0) is 23.6 Å². The summed E-state index contributed by atoms with van der Waals surface area (Å²) in [5, 5.41) is 3.23. The van der Waals surface area contributed by atoms with Crippen LogP contribution in [0.5, 0.6) is 0 Å². The average Bonchev–Trinajstić information content (AvgIpc) is 2.15. The van der Waals surface area contributed by atoms with Crippen molar-refractivity contribution < 1.29 is 0 Å². The van der Waals surface area contributed by atoms with E-state index in [4.69, 9.17) is 11.6 Å². The van der Waals surface area contributed by atoms with Gasteiger partial charge in [0.25, 0.3) is 0 Å². The molecular weight excluding hydrogens is 182 g/mol. The van der Waals surface area contributed by atoms with Gasteiger partial charge in [0.05, 0.1) is 0 Å². The van der Waals surface area contributed by atoms with Crippen LogP contribution < -0.4 is 5.32 Å². The van der Waals surface area contributed by atoms with Crippen LogP contribution in [0.4, 0.5) is 5.69 Å². The van der Waals surface area contributed by atoms with Crippen LogP contribution in [0.25, 0.3) is 0 Å². The van der Waals surface area contributed by atoms with Crippen molar-refractivity contribution in [2.45, 2.75) is 19.8 Å². The molecule has 0 aliphatic rings. The largest absolute Gasteiger partial charge is 0.384 e. The summed E-state index contributed by atoms with van der Waals surface area (Å²) in [6.45, 7) is 5.21. The van der Waals surface area contributed by atoms with Crippen molar-refractivity contribution >= 4 is 17.3 Å². The zero-order chi connectivity index (χ0) is 9.68. The van der Waals surface area contributed by atoms with Gasteiger partial charge in [0.1, 0.15) is 0 Å². The average molecular weight is 198 g/mol. The van der Waals surface area contributed by atoms with Crippen LogP contribution in [-0.4, -0.2) is 12.4 Å². The molecule has 0 aromatic heterocycles. The van der Waals surface area contributed by atoms with E-state index in [2.05, 4.69) is 43.4 Å². The van der Waals surface area contributed by atoms with Gasteiger partial charge in [0, 0.05) is 18.1 Å². The van der Waals surface area contributed by atoms with Crippen LogP contribution in [0.2, 0.25) is 0 Å². The molecule has 1 rings (SSSR count). The molecule has 2 heteroatoms. The molecule has 0 spiro atoms. The molecule has 0 atom stereocenters. The van der Waals surface area contributed by atoms with Gasteiger partial charge in [-0.25, -0.2) is 0 Å². The molecule has 0 radical (unpaired) electrons. The zero-order valence-corrected chi connectivity index (χ0v) is 8.93. The summed E-state index contributed by atoms with van der Waals surface area (Å²) in [4.78, 5) is 0. The minimum atomic E-state index is 0.599. The molecule has 1 nitrogen and oxygen atoms in total. The fourth-order valence-electron chi connectivity index (χ4n) is 1.18. The first kappa shape index (κ1) is 10.4. The lowest BCUT2D eigenvalue weighted by molar-refractivity contribution is 0.867. The Hall–Kier alpha value is -0.690. The van der Waals surface area contributed by atoms with Crippen LogP contribution >= 0.6 is 11.6 Å². The Bertz CT molecular complexity index is 241. The van der Waals surface area contributed by atoms with Gasteiger partial charge in [-0.3, -0.25) is 0 Å². The summed E-state index contributed by atoms with van der Waals surface area (Å²) in [7, 11) is 0. The molecule has 1 aromatic carbocycles. The Kier molecular flexibility index (Phi) is 4.10. The smallest absolute Gasteiger partial charge is 0.0396 e. The lowest BCUT2D eigenvalue weighted by Crippen LogP contribution is -2.02. The molecule has 0 bridgehead atoms. The van der Waals surface area contributed by atoms with Crippen LogP contribution in [-0.2, 0) is 0 Å². The lowest BCUT2D eigenvalue weighted by Gasteiger charge is -2.07. The molecule has 0 amide bonds. The molecule has 0 unspecified atom stereocenters. The summed E-state index contributed by atoms with van der Waals surface area (Å²) in [6.07, 6.45) is 0. The number of hydrogen-bond donors (Lipinski definition) is 1. The Morgan fingerprint density at radius 2 is 1.85 bits per heavy atom. The SMILES string of the molecule is CC(C)c1ccc(NCCCl)cc1. The van der Waals surface area contributed by atoms with Crippen molar-refractivity contribution in [3.8, 4) is 0 Å². The third-order valence-electron chi connectivity index (χ3n) is 2.00. The van der Waals surface area contributed by atoms with Gasteiger partial charge in [0.15, 0.2) is 0 Å². The quantitative estimate of drug-likeness (QED) is 0.729. The van der Waals surface area contributed by atoms with Crippen molar-refractivity contribution in [3.05, 3.63) is 29.8 Å². The first-order valence-corrected chi connectivity index (χ1v) is 5.17. The van der Waals surface area contributed by atoms with Crippen LogP contribution in [0.1, 0.15) is 25.3 Å². The zero-order valence-electron chi connectivity index (χ0n) is 8.18. The highest BCUT2D eigenvalue weighted by Crippen LogP contribution is 2.16. The van der Waals surface area contributed by atoms with Crippen LogP contribution in [0.15, 0.2) is 24.3 Å². The molecule has 0 aliphatic carbocycles. The second kappa shape index (κ2) is 5.13. The van der Waals surface area contributed by atoms with Crippen LogP contribution in [0.3, 0.4) is 0 Å². The number of benzene rings is 1. The van der Waals surface area contributed by atoms with Gasteiger partial charge in [-0.1, -0.05) is 26.0 Å². The first-order valence-electron chi connectivity index (χ1n) is 4.64. The molecule has 0 saturated heterocycles. The van der Waals surface area contributed by atoms with Crippen LogP contribution in [0, 0.1) is 0 Å². The third kappa shape index (κ3) is 3.27. The number of alkyl halides is 1. The minimum absolute atomic E-state index is 0.599. The van der Waals surface area contributed by atoms with E-state index in [0.717, 1.165) is 12.2 Å². The molecule has 1 aromatic rings.